The van der Waals surface area contributed by atoms with Crippen molar-refractivity contribution in [1.29, 1.82) is 0 Å². The van der Waals surface area contributed by atoms with Crippen LogP contribution < -0.4 is 4.74 Å². The molecule has 0 unspecified atom stereocenters. The predicted molar refractivity (Wildman–Crippen MR) is 76.4 cm³/mol. The van der Waals surface area contributed by atoms with Crippen LogP contribution in [0.2, 0.25) is 5.02 Å². The maximum absolute atomic E-state index is 12.2. The number of epoxide rings is 1. The molecule has 2 aromatic carbocycles. The lowest BCUT2D eigenvalue weighted by Crippen LogP contribution is -2.07. The molecule has 102 valence electrons. The molecule has 0 aromatic heterocycles. The van der Waals surface area contributed by atoms with Crippen LogP contribution in [0.25, 0.3) is 0 Å². The number of methoxy groups -OCH3 is 1. The van der Waals surface area contributed by atoms with Crippen molar-refractivity contribution in [3.05, 3.63) is 64.7 Å². The van der Waals surface area contributed by atoms with Crippen LogP contribution in [-0.4, -0.2) is 19.0 Å². The Kier molecular flexibility index (Phi) is 3.47. The zero-order chi connectivity index (χ0) is 14.1. The average Bonchev–Trinajstić information content (AvgIpc) is 3.28. The Morgan fingerprint density at radius 1 is 1.10 bits per heavy atom. The number of carbonyl (C=O) groups is 1. The standard InChI is InChI=1S/C16H13ClO3/c1-19-13-8-4-11(5-9-13)15-16(20-15)14(18)10-2-6-12(17)7-3-10/h2-9,15-16H,1H3/t15-,16-/m0/s1. The van der Waals surface area contributed by atoms with Gasteiger partial charge >= 0.3 is 0 Å². The minimum Gasteiger partial charge on any atom is -0.497 e. The molecular weight excluding hydrogens is 276 g/mol. The monoisotopic (exact) mass is 288 g/mol. The molecule has 1 heterocycles. The maximum atomic E-state index is 12.2. The van der Waals surface area contributed by atoms with E-state index in [2.05, 4.69) is 0 Å². The number of halogens is 1. The molecule has 1 aliphatic heterocycles. The second kappa shape index (κ2) is 5.27. The number of hydrogen-bond acceptors (Lipinski definition) is 3. The molecule has 0 aliphatic carbocycles. The van der Waals surface area contributed by atoms with Crippen LogP contribution >= 0.6 is 11.6 Å². The summed E-state index contributed by atoms with van der Waals surface area (Å²) in [5.41, 5.74) is 1.61. The Morgan fingerprint density at radius 3 is 2.35 bits per heavy atom. The fraction of sp³-hybridized carbons (Fsp3) is 0.188. The number of benzene rings is 2. The van der Waals surface area contributed by atoms with Gasteiger partial charge in [-0.2, -0.15) is 0 Å². The van der Waals surface area contributed by atoms with E-state index < -0.39 is 6.10 Å². The molecule has 2 atom stereocenters. The molecule has 1 aliphatic rings. The van der Waals surface area contributed by atoms with Crippen molar-refractivity contribution >= 4 is 17.4 Å². The number of Topliss-reactive ketones (excluding diaryl/α,β-unsaturated/α-hetero) is 1. The van der Waals surface area contributed by atoms with E-state index in [4.69, 9.17) is 21.1 Å². The van der Waals surface area contributed by atoms with Gasteiger partial charge in [-0.1, -0.05) is 23.7 Å². The highest BCUT2D eigenvalue weighted by Gasteiger charge is 2.46. The van der Waals surface area contributed by atoms with Gasteiger partial charge in [0, 0.05) is 10.6 Å². The largest absolute Gasteiger partial charge is 0.497 e. The van der Waals surface area contributed by atoms with E-state index in [-0.39, 0.29) is 11.9 Å². The number of ketones is 1. The average molecular weight is 289 g/mol. The van der Waals surface area contributed by atoms with Crippen LogP contribution in [0.15, 0.2) is 48.5 Å². The molecule has 0 radical (unpaired) electrons. The minimum absolute atomic E-state index is 0.0116. The molecule has 0 saturated carbocycles. The number of hydrogen-bond donors (Lipinski definition) is 0. The van der Waals surface area contributed by atoms with Gasteiger partial charge < -0.3 is 9.47 Å². The van der Waals surface area contributed by atoms with E-state index >= 15 is 0 Å². The summed E-state index contributed by atoms with van der Waals surface area (Å²) in [4.78, 5) is 12.2. The van der Waals surface area contributed by atoms with E-state index in [9.17, 15) is 4.79 Å². The molecule has 20 heavy (non-hydrogen) atoms. The van der Waals surface area contributed by atoms with Gasteiger partial charge in [0.05, 0.1) is 7.11 Å². The van der Waals surface area contributed by atoms with Crippen molar-refractivity contribution in [2.75, 3.05) is 7.11 Å². The summed E-state index contributed by atoms with van der Waals surface area (Å²) in [6, 6.07) is 14.4. The Hall–Kier alpha value is -1.84. The van der Waals surface area contributed by atoms with Crippen LogP contribution in [0.1, 0.15) is 22.0 Å². The van der Waals surface area contributed by atoms with Crippen LogP contribution in [0.5, 0.6) is 5.75 Å². The molecule has 3 rings (SSSR count). The number of rotatable bonds is 4. The van der Waals surface area contributed by atoms with Crippen molar-refractivity contribution in [3.8, 4) is 5.75 Å². The van der Waals surface area contributed by atoms with Gasteiger partial charge in [-0.25, -0.2) is 0 Å². The first kappa shape index (κ1) is 13.2. The highest BCUT2D eigenvalue weighted by molar-refractivity contribution is 6.30. The second-order valence-electron chi connectivity index (χ2n) is 4.62. The lowest BCUT2D eigenvalue weighted by Gasteiger charge is -2.01. The number of ether oxygens (including phenoxy) is 2. The zero-order valence-corrected chi connectivity index (χ0v) is 11.6. The topological polar surface area (TPSA) is 38.8 Å². The summed E-state index contributed by atoms with van der Waals surface area (Å²) in [5, 5.41) is 0.616. The highest BCUT2D eigenvalue weighted by atomic mass is 35.5. The highest BCUT2D eigenvalue weighted by Crippen LogP contribution is 2.41. The fourth-order valence-electron chi connectivity index (χ4n) is 2.14. The molecular formula is C16H13ClO3. The van der Waals surface area contributed by atoms with E-state index in [0.29, 0.717) is 10.6 Å². The molecule has 2 aromatic rings. The first-order chi connectivity index (χ1) is 9.69. The van der Waals surface area contributed by atoms with Crippen molar-refractivity contribution in [2.45, 2.75) is 12.2 Å². The Morgan fingerprint density at radius 2 is 1.75 bits per heavy atom. The summed E-state index contributed by atoms with van der Waals surface area (Å²) < 4.78 is 10.6. The van der Waals surface area contributed by atoms with Crippen LogP contribution in [-0.2, 0) is 4.74 Å². The van der Waals surface area contributed by atoms with Crippen molar-refractivity contribution in [2.24, 2.45) is 0 Å². The summed E-state index contributed by atoms with van der Waals surface area (Å²) in [6.45, 7) is 0. The molecule has 0 N–H and O–H groups in total. The van der Waals surface area contributed by atoms with Gasteiger partial charge in [-0.15, -0.1) is 0 Å². The van der Waals surface area contributed by atoms with E-state index in [1.165, 1.54) is 0 Å². The first-order valence-electron chi connectivity index (χ1n) is 6.28. The SMILES string of the molecule is COc1ccc([C@@H]2O[C@H]2C(=O)c2ccc(Cl)cc2)cc1. The second-order valence-corrected chi connectivity index (χ2v) is 5.06. The molecule has 4 heteroatoms. The maximum Gasteiger partial charge on any atom is 0.194 e. The molecule has 0 spiro atoms. The van der Waals surface area contributed by atoms with Gasteiger partial charge in [0.25, 0.3) is 0 Å². The number of carbonyl (C=O) groups excluding carboxylic acids is 1. The van der Waals surface area contributed by atoms with Gasteiger partial charge in [0.2, 0.25) is 0 Å². The summed E-state index contributed by atoms with van der Waals surface area (Å²) in [7, 11) is 1.62. The van der Waals surface area contributed by atoms with E-state index in [1.54, 1.807) is 31.4 Å². The lowest BCUT2D eigenvalue weighted by molar-refractivity contribution is 0.0953. The van der Waals surface area contributed by atoms with Gasteiger partial charge in [-0.05, 0) is 42.0 Å². The molecule has 0 bridgehead atoms. The van der Waals surface area contributed by atoms with Gasteiger partial charge in [-0.3, -0.25) is 4.79 Å². The smallest absolute Gasteiger partial charge is 0.194 e. The molecule has 1 fully saturated rings. The van der Waals surface area contributed by atoms with Crippen LogP contribution in [0, 0.1) is 0 Å². The van der Waals surface area contributed by atoms with Crippen molar-refractivity contribution in [1.82, 2.24) is 0 Å². The Bertz CT molecular complexity index is 619. The quantitative estimate of drug-likeness (QED) is 0.636. The summed E-state index contributed by atoms with van der Waals surface area (Å²) >= 11 is 5.81. The van der Waals surface area contributed by atoms with E-state index in [0.717, 1.165) is 11.3 Å². The molecule has 3 nitrogen and oxygen atoms in total. The van der Waals surface area contributed by atoms with Gasteiger partial charge in [0.15, 0.2) is 11.9 Å². The lowest BCUT2D eigenvalue weighted by atomic mass is 10.0. The minimum atomic E-state index is -0.399. The summed E-state index contributed by atoms with van der Waals surface area (Å²) in [6.07, 6.45) is -0.561. The van der Waals surface area contributed by atoms with E-state index in [1.807, 2.05) is 24.3 Å². The third-order valence-electron chi connectivity index (χ3n) is 3.32. The van der Waals surface area contributed by atoms with Gasteiger partial charge in [0.1, 0.15) is 11.9 Å². The Balaban J connectivity index is 1.71. The molecule has 0 amide bonds. The van der Waals surface area contributed by atoms with Crippen LogP contribution in [0.4, 0.5) is 0 Å². The third-order valence-corrected chi connectivity index (χ3v) is 3.58. The van der Waals surface area contributed by atoms with Crippen LogP contribution in [0.3, 0.4) is 0 Å². The summed E-state index contributed by atoms with van der Waals surface area (Å²) in [5.74, 6) is 0.775. The normalized spacial score (nSPS) is 20.5. The molecule has 1 saturated heterocycles. The fourth-order valence-corrected chi connectivity index (χ4v) is 2.26. The van der Waals surface area contributed by atoms with Crippen molar-refractivity contribution < 1.29 is 14.3 Å². The first-order valence-corrected chi connectivity index (χ1v) is 6.66. The predicted octanol–water partition coefficient (Wildman–Crippen LogP) is 3.67. The Labute approximate surface area is 122 Å². The zero-order valence-electron chi connectivity index (χ0n) is 10.9. The van der Waals surface area contributed by atoms with Crippen molar-refractivity contribution in [3.63, 3.8) is 0 Å². The third kappa shape index (κ3) is 2.55.